The molecule has 3 heteroatoms. The molecule has 154 valence electrons. The highest BCUT2D eigenvalue weighted by atomic mass is 16.4. The molecule has 1 N–H and O–H groups in total. The monoisotopic (exact) mass is 368 g/mol. The minimum atomic E-state index is -0.706. The van der Waals surface area contributed by atoms with E-state index in [1.807, 2.05) is 0 Å². The summed E-state index contributed by atoms with van der Waals surface area (Å²) < 4.78 is 0. The SMILES string of the molecule is CCCCCCCCCCCCCCC(=O)CCCCCCCC(=O)O. The normalized spacial score (nSPS) is 11.0. The first-order chi connectivity index (χ1) is 12.7. The third-order valence-corrected chi connectivity index (χ3v) is 5.16. The van der Waals surface area contributed by atoms with E-state index in [2.05, 4.69) is 6.92 Å². The molecule has 0 fully saturated rings. The largest absolute Gasteiger partial charge is 0.481 e. The first kappa shape index (κ1) is 25.1. The molecule has 0 aliphatic carbocycles. The summed E-state index contributed by atoms with van der Waals surface area (Å²) in [5.74, 6) is -0.287. The fraction of sp³-hybridized carbons (Fsp3) is 0.913. The number of carboxylic acids is 1. The second-order valence-electron chi connectivity index (χ2n) is 7.84. The molecule has 0 amide bonds. The first-order valence-electron chi connectivity index (χ1n) is 11.4. The van der Waals surface area contributed by atoms with Crippen LogP contribution in [0.15, 0.2) is 0 Å². The molecule has 0 unspecified atom stereocenters. The Bertz CT molecular complexity index is 325. The predicted molar refractivity (Wildman–Crippen MR) is 111 cm³/mol. The van der Waals surface area contributed by atoms with Crippen molar-refractivity contribution in [3.05, 3.63) is 0 Å². The number of hydrogen-bond acceptors (Lipinski definition) is 2. The van der Waals surface area contributed by atoms with Gasteiger partial charge in [-0.15, -0.1) is 0 Å². The molecule has 0 spiro atoms. The highest BCUT2D eigenvalue weighted by Crippen LogP contribution is 2.13. The van der Waals surface area contributed by atoms with Gasteiger partial charge in [0, 0.05) is 19.3 Å². The summed E-state index contributed by atoms with van der Waals surface area (Å²) >= 11 is 0. The van der Waals surface area contributed by atoms with Crippen molar-refractivity contribution >= 4 is 11.8 Å². The number of hydrogen-bond donors (Lipinski definition) is 1. The molecule has 26 heavy (non-hydrogen) atoms. The summed E-state index contributed by atoms with van der Waals surface area (Å²) in [6.45, 7) is 2.26. The van der Waals surface area contributed by atoms with Gasteiger partial charge in [-0.3, -0.25) is 9.59 Å². The number of unbranched alkanes of at least 4 members (excludes halogenated alkanes) is 15. The lowest BCUT2D eigenvalue weighted by Crippen LogP contribution is -1.98. The highest BCUT2D eigenvalue weighted by Gasteiger charge is 2.02. The molecule has 0 saturated heterocycles. The Kier molecular flexibility index (Phi) is 19.8. The van der Waals surface area contributed by atoms with Gasteiger partial charge in [-0.1, -0.05) is 96.8 Å². The fourth-order valence-corrected chi connectivity index (χ4v) is 3.42. The van der Waals surface area contributed by atoms with Gasteiger partial charge in [-0.25, -0.2) is 0 Å². The van der Waals surface area contributed by atoms with Crippen LogP contribution >= 0.6 is 0 Å². The standard InChI is InChI=1S/C23H44O3/c1-2-3-4-5-6-7-8-9-10-11-13-16-19-22(24)20-17-14-12-15-18-21-23(25)26/h2-21H2,1H3,(H,25,26). The van der Waals surface area contributed by atoms with Crippen LogP contribution in [0.25, 0.3) is 0 Å². The van der Waals surface area contributed by atoms with E-state index in [1.165, 1.54) is 70.6 Å². The Labute approximate surface area is 162 Å². The lowest BCUT2D eigenvalue weighted by atomic mass is 10.0. The van der Waals surface area contributed by atoms with Crippen LogP contribution in [0.4, 0.5) is 0 Å². The minimum Gasteiger partial charge on any atom is -0.481 e. The van der Waals surface area contributed by atoms with Crippen molar-refractivity contribution in [2.45, 2.75) is 135 Å². The third kappa shape index (κ3) is 21.2. The van der Waals surface area contributed by atoms with Gasteiger partial charge in [-0.2, -0.15) is 0 Å². The Balaban J connectivity index is 3.16. The van der Waals surface area contributed by atoms with E-state index < -0.39 is 5.97 Å². The van der Waals surface area contributed by atoms with Crippen molar-refractivity contribution in [3.63, 3.8) is 0 Å². The number of Topliss-reactive ketones (excluding diaryl/α,β-unsaturated/α-hetero) is 1. The summed E-state index contributed by atoms with van der Waals surface area (Å²) in [4.78, 5) is 22.2. The lowest BCUT2D eigenvalue weighted by molar-refractivity contribution is -0.137. The molecule has 0 rings (SSSR count). The lowest BCUT2D eigenvalue weighted by Gasteiger charge is -2.03. The van der Waals surface area contributed by atoms with Gasteiger partial charge in [0.25, 0.3) is 0 Å². The van der Waals surface area contributed by atoms with Crippen molar-refractivity contribution in [1.29, 1.82) is 0 Å². The van der Waals surface area contributed by atoms with Crippen molar-refractivity contribution in [2.24, 2.45) is 0 Å². The molecule has 0 saturated carbocycles. The topological polar surface area (TPSA) is 54.4 Å². The predicted octanol–water partition coefficient (Wildman–Crippen LogP) is 7.46. The van der Waals surface area contributed by atoms with Gasteiger partial charge in [-0.05, 0) is 19.3 Å². The molecule has 3 nitrogen and oxygen atoms in total. The minimum absolute atomic E-state index is 0.276. The van der Waals surface area contributed by atoms with Crippen LogP contribution in [0.1, 0.15) is 135 Å². The average Bonchev–Trinajstić information content (AvgIpc) is 2.61. The second-order valence-corrected chi connectivity index (χ2v) is 7.84. The summed E-state index contributed by atoms with van der Waals surface area (Å²) in [5.41, 5.74) is 0. The zero-order valence-electron chi connectivity index (χ0n) is 17.4. The number of carbonyl (C=O) groups excluding carboxylic acids is 1. The molecule has 0 aliphatic heterocycles. The molecule has 0 heterocycles. The zero-order chi connectivity index (χ0) is 19.3. The van der Waals surface area contributed by atoms with Crippen molar-refractivity contribution < 1.29 is 14.7 Å². The number of rotatable bonds is 21. The van der Waals surface area contributed by atoms with Gasteiger partial charge in [0.15, 0.2) is 0 Å². The van der Waals surface area contributed by atoms with Crippen LogP contribution in [0.3, 0.4) is 0 Å². The van der Waals surface area contributed by atoms with Gasteiger partial charge in [0.05, 0.1) is 0 Å². The molecule has 0 atom stereocenters. The van der Waals surface area contributed by atoms with Crippen LogP contribution in [-0.2, 0) is 9.59 Å². The molecular weight excluding hydrogens is 324 g/mol. The summed E-state index contributed by atoms with van der Waals surface area (Å²) in [7, 11) is 0. The highest BCUT2D eigenvalue weighted by molar-refractivity contribution is 5.78. The molecule has 0 aromatic rings. The molecule has 0 aliphatic rings. The maximum atomic E-state index is 11.8. The zero-order valence-corrected chi connectivity index (χ0v) is 17.4. The maximum absolute atomic E-state index is 11.8. The average molecular weight is 369 g/mol. The molecule has 0 radical (unpaired) electrons. The Hall–Kier alpha value is -0.860. The molecule has 0 aromatic carbocycles. The van der Waals surface area contributed by atoms with Crippen molar-refractivity contribution in [3.8, 4) is 0 Å². The number of carboxylic acid groups (broad SMARTS) is 1. The van der Waals surface area contributed by atoms with Gasteiger partial charge in [0.2, 0.25) is 0 Å². The quantitative estimate of drug-likeness (QED) is 0.214. The summed E-state index contributed by atoms with van der Waals surface area (Å²) in [5, 5.41) is 8.55. The van der Waals surface area contributed by atoms with Gasteiger partial charge >= 0.3 is 5.97 Å². The number of aliphatic carboxylic acids is 1. The Morgan fingerprint density at radius 2 is 0.808 bits per heavy atom. The van der Waals surface area contributed by atoms with Crippen molar-refractivity contribution in [1.82, 2.24) is 0 Å². The molecule has 0 bridgehead atoms. The van der Waals surface area contributed by atoms with Crippen LogP contribution in [-0.4, -0.2) is 16.9 Å². The summed E-state index contributed by atoms with van der Waals surface area (Å²) in [6, 6.07) is 0. The van der Waals surface area contributed by atoms with Gasteiger partial charge in [0.1, 0.15) is 5.78 Å². The van der Waals surface area contributed by atoms with E-state index in [4.69, 9.17) is 5.11 Å². The van der Waals surface area contributed by atoms with Crippen LogP contribution < -0.4 is 0 Å². The molecular formula is C23H44O3. The van der Waals surface area contributed by atoms with E-state index in [9.17, 15) is 9.59 Å². The van der Waals surface area contributed by atoms with Crippen LogP contribution in [0.2, 0.25) is 0 Å². The van der Waals surface area contributed by atoms with Crippen LogP contribution in [0, 0.1) is 0 Å². The van der Waals surface area contributed by atoms with E-state index in [1.54, 1.807) is 0 Å². The summed E-state index contributed by atoms with van der Waals surface area (Å²) in [6.07, 6.45) is 22.6. The van der Waals surface area contributed by atoms with E-state index >= 15 is 0 Å². The van der Waals surface area contributed by atoms with E-state index in [0.717, 1.165) is 51.4 Å². The maximum Gasteiger partial charge on any atom is 0.303 e. The molecule has 0 aromatic heterocycles. The second kappa shape index (κ2) is 20.5. The van der Waals surface area contributed by atoms with Gasteiger partial charge < -0.3 is 5.11 Å². The number of ketones is 1. The fourth-order valence-electron chi connectivity index (χ4n) is 3.42. The first-order valence-corrected chi connectivity index (χ1v) is 11.4. The van der Waals surface area contributed by atoms with Crippen LogP contribution in [0.5, 0.6) is 0 Å². The number of carbonyl (C=O) groups is 2. The Morgan fingerprint density at radius 3 is 1.15 bits per heavy atom. The van der Waals surface area contributed by atoms with E-state index in [-0.39, 0.29) is 6.42 Å². The smallest absolute Gasteiger partial charge is 0.303 e. The third-order valence-electron chi connectivity index (χ3n) is 5.16. The van der Waals surface area contributed by atoms with Crippen molar-refractivity contribution in [2.75, 3.05) is 0 Å². The Morgan fingerprint density at radius 1 is 0.500 bits per heavy atom. The van der Waals surface area contributed by atoms with E-state index in [0.29, 0.717) is 5.78 Å².